The molecule has 1 aliphatic rings. The Labute approximate surface area is 117 Å². The van der Waals surface area contributed by atoms with Crippen molar-refractivity contribution in [2.45, 2.75) is 25.8 Å². The SMILES string of the molecule is CCCN(C(=O)c1ccccn1)C1CC(=O)N(C)C1=O. The Morgan fingerprint density at radius 1 is 1.45 bits per heavy atom. The normalized spacial score (nSPS) is 18.5. The molecule has 1 atom stereocenters. The first-order valence-corrected chi connectivity index (χ1v) is 6.58. The van der Waals surface area contributed by atoms with Gasteiger partial charge in [-0.3, -0.25) is 24.3 Å². The van der Waals surface area contributed by atoms with E-state index in [2.05, 4.69) is 4.98 Å². The Morgan fingerprint density at radius 2 is 2.20 bits per heavy atom. The van der Waals surface area contributed by atoms with E-state index < -0.39 is 6.04 Å². The Morgan fingerprint density at radius 3 is 2.70 bits per heavy atom. The Balaban J connectivity index is 2.26. The van der Waals surface area contributed by atoms with Crippen molar-refractivity contribution in [3.8, 4) is 0 Å². The summed E-state index contributed by atoms with van der Waals surface area (Å²) in [5.74, 6) is -0.892. The van der Waals surface area contributed by atoms with Crippen molar-refractivity contribution in [2.75, 3.05) is 13.6 Å². The second-order valence-electron chi connectivity index (χ2n) is 4.72. The fourth-order valence-corrected chi connectivity index (χ4v) is 2.26. The van der Waals surface area contributed by atoms with Crippen LogP contribution in [-0.2, 0) is 9.59 Å². The number of hydrogen-bond donors (Lipinski definition) is 0. The van der Waals surface area contributed by atoms with Gasteiger partial charge in [-0.2, -0.15) is 0 Å². The van der Waals surface area contributed by atoms with E-state index in [1.165, 1.54) is 18.1 Å². The number of pyridine rings is 1. The Kier molecular flexibility index (Phi) is 4.12. The quantitative estimate of drug-likeness (QED) is 0.758. The molecule has 1 aromatic rings. The average molecular weight is 275 g/mol. The molecule has 0 bridgehead atoms. The lowest BCUT2D eigenvalue weighted by Crippen LogP contribution is -2.45. The molecule has 6 heteroatoms. The first-order chi connectivity index (χ1) is 9.56. The highest BCUT2D eigenvalue weighted by molar-refractivity contribution is 6.07. The van der Waals surface area contributed by atoms with Gasteiger partial charge in [0.15, 0.2) is 0 Å². The predicted molar refractivity (Wildman–Crippen MR) is 71.7 cm³/mol. The Bertz CT molecular complexity index is 530. The Hall–Kier alpha value is -2.24. The van der Waals surface area contributed by atoms with Gasteiger partial charge in [0.25, 0.3) is 11.8 Å². The molecule has 1 fully saturated rings. The zero-order valence-corrected chi connectivity index (χ0v) is 11.6. The second kappa shape index (κ2) is 5.81. The van der Waals surface area contributed by atoms with Crippen molar-refractivity contribution < 1.29 is 14.4 Å². The smallest absolute Gasteiger partial charge is 0.273 e. The van der Waals surface area contributed by atoms with E-state index in [1.807, 2.05) is 6.92 Å². The number of nitrogens with zero attached hydrogens (tertiary/aromatic N) is 3. The van der Waals surface area contributed by atoms with Gasteiger partial charge in [0, 0.05) is 19.8 Å². The number of likely N-dealkylation sites (N-methyl/N-ethyl adjacent to an activating group) is 1. The summed E-state index contributed by atoms with van der Waals surface area (Å²) in [6, 6.07) is 4.34. The lowest BCUT2D eigenvalue weighted by molar-refractivity contribution is -0.137. The third-order valence-electron chi connectivity index (χ3n) is 3.34. The molecule has 20 heavy (non-hydrogen) atoms. The molecule has 1 aromatic heterocycles. The minimum Gasteiger partial charge on any atom is -0.325 e. The maximum absolute atomic E-state index is 12.5. The first-order valence-electron chi connectivity index (χ1n) is 6.58. The number of hydrogen-bond acceptors (Lipinski definition) is 4. The topological polar surface area (TPSA) is 70.6 Å². The largest absolute Gasteiger partial charge is 0.325 e. The maximum atomic E-state index is 12.5. The molecule has 1 saturated heterocycles. The van der Waals surface area contributed by atoms with Gasteiger partial charge in [-0.1, -0.05) is 13.0 Å². The van der Waals surface area contributed by atoms with Crippen LogP contribution in [0.25, 0.3) is 0 Å². The molecule has 3 amide bonds. The van der Waals surface area contributed by atoms with E-state index in [4.69, 9.17) is 0 Å². The molecule has 0 radical (unpaired) electrons. The minimum absolute atomic E-state index is 0.0495. The van der Waals surface area contributed by atoms with E-state index in [-0.39, 0.29) is 29.8 Å². The van der Waals surface area contributed by atoms with Crippen molar-refractivity contribution in [1.29, 1.82) is 0 Å². The van der Waals surface area contributed by atoms with Crippen LogP contribution in [0.1, 0.15) is 30.3 Å². The van der Waals surface area contributed by atoms with Gasteiger partial charge in [0.05, 0.1) is 6.42 Å². The van der Waals surface area contributed by atoms with Gasteiger partial charge >= 0.3 is 0 Å². The minimum atomic E-state index is -0.707. The highest BCUT2D eigenvalue weighted by atomic mass is 16.2. The van der Waals surface area contributed by atoms with Gasteiger partial charge < -0.3 is 4.90 Å². The molecule has 2 heterocycles. The summed E-state index contributed by atoms with van der Waals surface area (Å²) >= 11 is 0. The molecule has 0 N–H and O–H groups in total. The summed E-state index contributed by atoms with van der Waals surface area (Å²) in [5, 5.41) is 0. The monoisotopic (exact) mass is 275 g/mol. The molecule has 0 aromatic carbocycles. The highest BCUT2D eigenvalue weighted by Crippen LogP contribution is 2.19. The number of imide groups is 1. The lowest BCUT2D eigenvalue weighted by atomic mass is 10.1. The van der Waals surface area contributed by atoms with Gasteiger partial charge in [0.2, 0.25) is 5.91 Å². The van der Waals surface area contributed by atoms with Gasteiger partial charge in [-0.25, -0.2) is 0 Å². The van der Waals surface area contributed by atoms with Crippen LogP contribution in [-0.4, -0.2) is 52.1 Å². The van der Waals surface area contributed by atoms with E-state index >= 15 is 0 Å². The van der Waals surface area contributed by atoms with Crippen LogP contribution in [0.5, 0.6) is 0 Å². The van der Waals surface area contributed by atoms with Crippen LogP contribution in [0.2, 0.25) is 0 Å². The summed E-state index contributed by atoms with van der Waals surface area (Å²) in [6.45, 7) is 2.34. The fraction of sp³-hybridized carbons (Fsp3) is 0.429. The van der Waals surface area contributed by atoms with E-state index in [1.54, 1.807) is 18.2 Å². The number of amides is 3. The molecule has 6 nitrogen and oxygen atoms in total. The molecular formula is C14H17N3O3. The number of carbonyl (C=O) groups excluding carboxylic acids is 3. The maximum Gasteiger partial charge on any atom is 0.273 e. The zero-order chi connectivity index (χ0) is 14.7. The summed E-state index contributed by atoms with van der Waals surface area (Å²) in [4.78, 5) is 42.7. The molecule has 2 rings (SSSR count). The van der Waals surface area contributed by atoms with Crippen LogP contribution >= 0.6 is 0 Å². The van der Waals surface area contributed by atoms with Crippen LogP contribution < -0.4 is 0 Å². The van der Waals surface area contributed by atoms with E-state index in [9.17, 15) is 14.4 Å². The molecular weight excluding hydrogens is 258 g/mol. The van der Waals surface area contributed by atoms with Crippen molar-refractivity contribution in [3.63, 3.8) is 0 Å². The predicted octanol–water partition coefficient (Wildman–Crippen LogP) is 0.691. The molecule has 0 spiro atoms. The van der Waals surface area contributed by atoms with Crippen molar-refractivity contribution in [3.05, 3.63) is 30.1 Å². The number of carbonyl (C=O) groups is 3. The molecule has 0 aliphatic carbocycles. The molecule has 1 unspecified atom stereocenters. The van der Waals surface area contributed by atoms with Crippen molar-refractivity contribution in [1.82, 2.24) is 14.8 Å². The molecule has 106 valence electrons. The first kappa shape index (κ1) is 14.2. The van der Waals surface area contributed by atoms with Crippen LogP contribution in [0.4, 0.5) is 0 Å². The standard InChI is InChI=1S/C14H17N3O3/c1-3-8-17(11-9-12(18)16(2)14(11)20)13(19)10-6-4-5-7-15-10/h4-7,11H,3,8-9H2,1-2H3. The second-order valence-corrected chi connectivity index (χ2v) is 4.72. The summed E-state index contributed by atoms with van der Waals surface area (Å²) in [7, 11) is 1.44. The van der Waals surface area contributed by atoms with Crippen LogP contribution in [0.3, 0.4) is 0 Å². The van der Waals surface area contributed by atoms with Gasteiger partial charge in [-0.05, 0) is 18.6 Å². The number of rotatable bonds is 4. The summed E-state index contributed by atoms with van der Waals surface area (Å²) in [5.41, 5.74) is 0.288. The zero-order valence-electron chi connectivity index (χ0n) is 11.6. The van der Waals surface area contributed by atoms with E-state index in [0.29, 0.717) is 13.0 Å². The molecule has 1 aliphatic heterocycles. The third kappa shape index (κ3) is 2.54. The van der Waals surface area contributed by atoms with Crippen LogP contribution in [0, 0.1) is 0 Å². The van der Waals surface area contributed by atoms with Gasteiger partial charge in [-0.15, -0.1) is 0 Å². The summed E-state index contributed by atoms with van der Waals surface area (Å²) < 4.78 is 0. The fourth-order valence-electron chi connectivity index (χ4n) is 2.26. The van der Waals surface area contributed by atoms with Gasteiger partial charge in [0.1, 0.15) is 11.7 Å². The van der Waals surface area contributed by atoms with Crippen molar-refractivity contribution in [2.24, 2.45) is 0 Å². The number of likely N-dealkylation sites (tertiary alicyclic amines) is 1. The highest BCUT2D eigenvalue weighted by Gasteiger charge is 2.41. The van der Waals surface area contributed by atoms with E-state index in [0.717, 1.165) is 4.90 Å². The van der Waals surface area contributed by atoms with Crippen molar-refractivity contribution >= 4 is 17.7 Å². The summed E-state index contributed by atoms with van der Waals surface area (Å²) in [6.07, 6.45) is 2.29. The third-order valence-corrected chi connectivity index (χ3v) is 3.34. The lowest BCUT2D eigenvalue weighted by Gasteiger charge is -2.26. The number of aromatic nitrogens is 1. The molecule has 0 saturated carbocycles. The van der Waals surface area contributed by atoms with Crippen LogP contribution in [0.15, 0.2) is 24.4 Å². The average Bonchev–Trinajstić information content (AvgIpc) is 2.72.